The van der Waals surface area contributed by atoms with Gasteiger partial charge in [-0.25, -0.2) is 13.4 Å². The van der Waals surface area contributed by atoms with Gasteiger partial charge in [0.25, 0.3) is 0 Å². The lowest BCUT2D eigenvalue weighted by atomic mass is 10.1. The molecule has 1 amide bonds. The van der Waals surface area contributed by atoms with Gasteiger partial charge in [0.1, 0.15) is 0 Å². The predicted molar refractivity (Wildman–Crippen MR) is 102 cm³/mol. The van der Waals surface area contributed by atoms with Crippen molar-refractivity contribution >= 4 is 32.4 Å². The van der Waals surface area contributed by atoms with Crippen molar-refractivity contribution in [3.63, 3.8) is 0 Å². The molecule has 1 aliphatic rings. The molecule has 2 heterocycles. The van der Waals surface area contributed by atoms with Crippen molar-refractivity contribution in [2.45, 2.75) is 11.3 Å². The Kier molecular flexibility index (Phi) is 5.59. The quantitative estimate of drug-likeness (QED) is 0.764. The molecule has 2 aromatic rings. The molecule has 1 aromatic carbocycles. The van der Waals surface area contributed by atoms with Crippen molar-refractivity contribution in [3.8, 4) is 0 Å². The van der Waals surface area contributed by atoms with Crippen LogP contribution in [0.25, 0.3) is 0 Å². The molecule has 0 bridgehead atoms. The van der Waals surface area contributed by atoms with E-state index < -0.39 is 10.0 Å². The maximum absolute atomic E-state index is 12.8. The first-order chi connectivity index (χ1) is 12.4. The van der Waals surface area contributed by atoms with Gasteiger partial charge in [0.2, 0.25) is 15.9 Å². The normalized spacial score (nSPS) is 15.8. The fourth-order valence-corrected chi connectivity index (χ4v) is 4.87. The smallest absolute Gasteiger partial charge is 0.243 e. The standard InChI is InChI=1S/C17H22N4O3S2/c1-19(2)16(22)13-14-3-5-15(6-4-14)26(23,24)21-10-8-20(9-11-21)17-18-7-12-25-17/h3-7,12H,8-11,13H2,1-2H3. The van der Waals surface area contributed by atoms with Gasteiger partial charge in [-0.15, -0.1) is 11.3 Å². The summed E-state index contributed by atoms with van der Waals surface area (Å²) >= 11 is 1.56. The number of carbonyl (C=O) groups is 1. The number of amides is 1. The summed E-state index contributed by atoms with van der Waals surface area (Å²) in [7, 11) is -0.120. The summed E-state index contributed by atoms with van der Waals surface area (Å²) in [6.07, 6.45) is 2.02. The van der Waals surface area contributed by atoms with Crippen LogP contribution in [-0.2, 0) is 21.2 Å². The largest absolute Gasteiger partial charge is 0.349 e. The molecule has 1 aromatic heterocycles. The summed E-state index contributed by atoms with van der Waals surface area (Å²) in [5, 5.41) is 2.85. The van der Waals surface area contributed by atoms with E-state index in [0.717, 1.165) is 10.7 Å². The van der Waals surface area contributed by atoms with Crippen LogP contribution in [0.4, 0.5) is 5.13 Å². The molecule has 0 unspecified atom stereocenters. The molecule has 1 fully saturated rings. The molecule has 0 atom stereocenters. The van der Waals surface area contributed by atoms with Crippen molar-refractivity contribution < 1.29 is 13.2 Å². The van der Waals surface area contributed by atoms with E-state index in [1.165, 1.54) is 9.21 Å². The average Bonchev–Trinajstić information content (AvgIpc) is 3.17. The molecule has 3 rings (SSSR count). The van der Waals surface area contributed by atoms with Crippen LogP contribution in [0, 0.1) is 0 Å². The lowest BCUT2D eigenvalue weighted by Crippen LogP contribution is -2.48. The summed E-state index contributed by atoms with van der Waals surface area (Å²) in [4.78, 5) is 19.9. The summed E-state index contributed by atoms with van der Waals surface area (Å²) < 4.78 is 27.2. The Morgan fingerprint density at radius 3 is 2.35 bits per heavy atom. The minimum Gasteiger partial charge on any atom is -0.349 e. The second-order valence-corrected chi connectivity index (χ2v) is 9.13. The third-order valence-corrected chi connectivity index (χ3v) is 7.09. The molecular formula is C17H22N4O3S2. The Balaban J connectivity index is 1.66. The number of hydrogen-bond donors (Lipinski definition) is 0. The van der Waals surface area contributed by atoms with E-state index in [2.05, 4.69) is 9.88 Å². The number of likely N-dealkylation sites (N-methyl/N-ethyl adjacent to an activating group) is 1. The number of carbonyl (C=O) groups excluding carboxylic acids is 1. The molecule has 0 spiro atoms. The summed E-state index contributed by atoms with van der Waals surface area (Å²) in [5.74, 6) is -0.0149. The molecule has 0 N–H and O–H groups in total. The SMILES string of the molecule is CN(C)C(=O)Cc1ccc(S(=O)(=O)N2CCN(c3nccs3)CC2)cc1. The minimum absolute atomic E-state index is 0.0149. The fraction of sp³-hybridized carbons (Fsp3) is 0.412. The fourth-order valence-electron chi connectivity index (χ4n) is 2.75. The van der Waals surface area contributed by atoms with Crippen LogP contribution in [0.15, 0.2) is 40.7 Å². The van der Waals surface area contributed by atoms with E-state index in [1.54, 1.807) is 55.9 Å². The van der Waals surface area contributed by atoms with Gasteiger partial charge in [-0.1, -0.05) is 12.1 Å². The molecule has 0 radical (unpaired) electrons. The highest BCUT2D eigenvalue weighted by molar-refractivity contribution is 7.89. The van der Waals surface area contributed by atoms with Gasteiger partial charge in [0.15, 0.2) is 5.13 Å². The monoisotopic (exact) mass is 394 g/mol. The number of rotatable bonds is 5. The van der Waals surface area contributed by atoms with Crippen LogP contribution in [0.1, 0.15) is 5.56 Å². The second-order valence-electron chi connectivity index (χ2n) is 6.31. The number of thiazole rings is 1. The van der Waals surface area contributed by atoms with E-state index in [0.29, 0.717) is 26.2 Å². The Morgan fingerprint density at radius 2 is 1.81 bits per heavy atom. The zero-order valence-corrected chi connectivity index (χ0v) is 16.5. The number of anilines is 1. The third kappa shape index (κ3) is 4.05. The van der Waals surface area contributed by atoms with Crippen LogP contribution >= 0.6 is 11.3 Å². The Labute approximate surface area is 157 Å². The lowest BCUT2D eigenvalue weighted by molar-refractivity contribution is -0.127. The van der Waals surface area contributed by atoms with Crippen LogP contribution in [-0.4, -0.2) is 68.8 Å². The average molecular weight is 395 g/mol. The van der Waals surface area contributed by atoms with Crippen LogP contribution in [0.3, 0.4) is 0 Å². The summed E-state index contributed by atoms with van der Waals surface area (Å²) in [6, 6.07) is 6.59. The second kappa shape index (κ2) is 7.73. The molecular weight excluding hydrogens is 372 g/mol. The van der Waals surface area contributed by atoms with E-state index in [4.69, 9.17) is 0 Å². The topological polar surface area (TPSA) is 73.8 Å². The predicted octanol–water partition coefficient (Wildman–Crippen LogP) is 1.28. The maximum atomic E-state index is 12.8. The molecule has 140 valence electrons. The van der Waals surface area contributed by atoms with Crippen molar-refractivity contribution in [3.05, 3.63) is 41.4 Å². The number of piperazine rings is 1. The minimum atomic E-state index is -3.52. The highest BCUT2D eigenvalue weighted by Gasteiger charge is 2.29. The molecule has 0 aliphatic carbocycles. The Morgan fingerprint density at radius 1 is 1.15 bits per heavy atom. The van der Waals surface area contributed by atoms with Crippen molar-refractivity contribution in [1.82, 2.24) is 14.2 Å². The summed E-state index contributed by atoms with van der Waals surface area (Å²) in [5.41, 5.74) is 0.802. The van der Waals surface area contributed by atoms with Gasteiger partial charge < -0.3 is 9.80 Å². The first-order valence-electron chi connectivity index (χ1n) is 8.31. The van der Waals surface area contributed by atoms with Gasteiger partial charge in [-0.2, -0.15) is 4.31 Å². The van der Waals surface area contributed by atoms with E-state index >= 15 is 0 Å². The molecule has 7 nitrogen and oxygen atoms in total. The first kappa shape index (κ1) is 18.8. The molecule has 26 heavy (non-hydrogen) atoms. The van der Waals surface area contributed by atoms with Crippen molar-refractivity contribution in [2.24, 2.45) is 0 Å². The number of benzene rings is 1. The number of sulfonamides is 1. The van der Waals surface area contributed by atoms with Gasteiger partial charge in [-0.05, 0) is 17.7 Å². The molecule has 0 saturated carbocycles. The van der Waals surface area contributed by atoms with Gasteiger partial charge in [0.05, 0.1) is 11.3 Å². The van der Waals surface area contributed by atoms with E-state index in [-0.39, 0.29) is 17.2 Å². The van der Waals surface area contributed by atoms with Crippen LogP contribution < -0.4 is 4.90 Å². The molecule has 9 heteroatoms. The van der Waals surface area contributed by atoms with Crippen LogP contribution in [0.2, 0.25) is 0 Å². The zero-order valence-electron chi connectivity index (χ0n) is 14.8. The lowest BCUT2D eigenvalue weighted by Gasteiger charge is -2.33. The maximum Gasteiger partial charge on any atom is 0.243 e. The molecule has 1 saturated heterocycles. The highest BCUT2D eigenvalue weighted by Crippen LogP contribution is 2.22. The highest BCUT2D eigenvalue weighted by atomic mass is 32.2. The first-order valence-corrected chi connectivity index (χ1v) is 10.6. The van der Waals surface area contributed by atoms with Crippen molar-refractivity contribution in [2.75, 3.05) is 45.2 Å². The number of nitrogens with zero attached hydrogens (tertiary/aromatic N) is 4. The Hall–Kier alpha value is -1.97. The van der Waals surface area contributed by atoms with Crippen molar-refractivity contribution in [1.29, 1.82) is 0 Å². The number of hydrogen-bond acceptors (Lipinski definition) is 6. The van der Waals surface area contributed by atoms with Crippen LogP contribution in [0.5, 0.6) is 0 Å². The summed E-state index contributed by atoms with van der Waals surface area (Å²) in [6.45, 7) is 2.12. The third-order valence-electron chi connectivity index (χ3n) is 4.34. The van der Waals surface area contributed by atoms with Gasteiger partial charge >= 0.3 is 0 Å². The zero-order chi connectivity index (χ0) is 18.7. The molecule has 1 aliphatic heterocycles. The van der Waals surface area contributed by atoms with E-state index in [9.17, 15) is 13.2 Å². The Bertz CT molecular complexity index is 841. The van der Waals surface area contributed by atoms with Gasteiger partial charge in [0, 0.05) is 51.9 Å². The number of aromatic nitrogens is 1. The van der Waals surface area contributed by atoms with Gasteiger partial charge in [-0.3, -0.25) is 4.79 Å². The van der Waals surface area contributed by atoms with E-state index in [1.807, 2.05) is 5.38 Å².